The zero-order valence-corrected chi connectivity index (χ0v) is 8.11. The zero-order chi connectivity index (χ0) is 11.6. The van der Waals surface area contributed by atoms with E-state index in [1.807, 2.05) is 0 Å². The van der Waals surface area contributed by atoms with Crippen molar-refractivity contribution in [1.82, 2.24) is 0 Å². The Labute approximate surface area is 85.9 Å². The molecular weight excluding hydrogens is 208 g/mol. The maximum Gasteiger partial charge on any atom is 0.189 e. The lowest BCUT2D eigenvalue weighted by molar-refractivity contribution is -0.283. The van der Waals surface area contributed by atoms with Crippen molar-refractivity contribution in [2.24, 2.45) is 0 Å². The first-order chi connectivity index (χ1) is 7.02. The van der Waals surface area contributed by atoms with Gasteiger partial charge >= 0.3 is 0 Å². The third-order valence-corrected chi connectivity index (χ3v) is 2.28. The predicted octanol–water partition coefficient (Wildman–Crippen LogP) is -3.00. The molecule has 3 unspecified atom stereocenters. The van der Waals surface area contributed by atoms with Gasteiger partial charge in [0, 0.05) is 7.11 Å². The molecule has 88 valence electrons. The summed E-state index contributed by atoms with van der Waals surface area (Å²) >= 11 is 0. The molecule has 5 atom stereocenters. The van der Waals surface area contributed by atoms with Crippen LogP contribution in [0, 0.1) is 0 Å². The molecule has 0 spiro atoms. The summed E-state index contributed by atoms with van der Waals surface area (Å²) in [7, 11) is 1.22. The monoisotopic (exact) mass is 222 g/mol. The van der Waals surface area contributed by atoms with Crippen LogP contribution < -0.4 is 0 Å². The highest BCUT2D eigenvalue weighted by molar-refractivity contribution is 5.84. The molecule has 0 saturated carbocycles. The van der Waals surface area contributed by atoms with E-state index in [4.69, 9.17) is 9.84 Å². The van der Waals surface area contributed by atoms with Crippen molar-refractivity contribution in [3.05, 3.63) is 0 Å². The van der Waals surface area contributed by atoms with Crippen LogP contribution in [0.1, 0.15) is 0 Å². The molecule has 0 aromatic carbocycles. The minimum atomic E-state index is -1.58. The summed E-state index contributed by atoms with van der Waals surface area (Å²) in [4.78, 5) is 11.1. The van der Waals surface area contributed by atoms with Crippen LogP contribution in [0.4, 0.5) is 0 Å². The van der Waals surface area contributed by atoms with Crippen molar-refractivity contribution in [2.75, 3.05) is 13.7 Å². The van der Waals surface area contributed by atoms with E-state index in [0.29, 0.717) is 0 Å². The molecular formula is C8H14O7. The van der Waals surface area contributed by atoms with Crippen LogP contribution in [-0.4, -0.2) is 70.6 Å². The molecule has 1 heterocycles. The maximum absolute atomic E-state index is 11.1. The van der Waals surface area contributed by atoms with Crippen molar-refractivity contribution in [3.63, 3.8) is 0 Å². The molecule has 0 aliphatic carbocycles. The largest absolute Gasteiger partial charge is 0.388 e. The molecule has 0 aromatic rings. The number of ether oxygens (including phenoxy) is 2. The number of Topliss-reactive ketones (excluding diaryl/α,β-unsaturated/α-hetero) is 1. The highest BCUT2D eigenvalue weighted by atomic mass is 16.7. The summed E-state index contributed by atoms with van der Waals surface area (Å²) in [6.45, 7) is -0.818. The lowest BCUT2D eigenvalue weighted by Crippen LogP contribution is -2.60. The summed E-state index contributed by atoms with van der Waals surface area (Å²) in [5, 5.41) is 36.7. The molecule has 0 amide bonds. The highest BCUT2D eigenvalue weighted by Crippen LogP contribution is 2.22. The number of aliphatic hydroxyl groups excluding tert-OH is 4. The fraction of sp³-hybridized carbons (Fsp3) is 0.875. The highest BCUT2D eigenvalue weighted by Gasteiger charge is 2.46. The number of aliphatic hydroxyl groups is 4. The normalized spacial score (nSPS) is 41.5. The van der Waals surface area contributed by atoms with Gasteiger partial charge in [0.15, 0.2) is 12.1 Å². The third kappa shape index (κ3) is 2.33. The molecule has 1 saturated heterocycles. The minimum Gasteiger partial charge on any atom is -0.388 e. The van der Waals surface area contributed by atoms with Crippen LogP contribution in [0.15, 0.2) is 0 Å². The van der Waals surface area contributed by atoms with Gasteiger partial charge in [-0.2, -0.15) is 0 Å². The molecule has 1 aliphatic heterocycles. The van der Waals surface area contributed by atoms with Crippen molar-refractivity contribution >= 4 is 5.78 Å². The van der Waals surface area contributed by atoms with E-state index in [9.17, 15) is 20.1 Å². The van der Waals surface area contributed by atoms with E-state index in [1.54, 1.807) is 0 Å². The Morgan fingerprint density at radius 2 is 1.87 bits per heavy atom. The van der Waals surface area contributed by atoms with Crippen LogP contribution in [0.25, 0.3) is 0 Å². The number of carbonyl (C=O) groups excluding carboxylic acids is 1. The van der Waals surface area contributed by atoms with Crippen molar-refractivity contribution in [1.29, 1.82) is 0 Å². The Morgan fingerprint density at radius 1 is 1.27 bits per heavy atom. The van der Waals surface area contributed by atoms with Crippen molar-refractivity contribution in [3.8, 4) is 0 Å². The van der Waals surface area contributed by atoms with Gasteiger partial charge < -0.3 is 29.9 Å². The standard InChI is InChI=1S/C8H14O7/c1-14-8-6(13)4(11)5(12)7(15-8)3(10)2-9/h4-9,11-13H,2H2,1H3/t4?,5-,6?,7?,8-/m0/s1. The first-order valence-corrected chi connectivity index (χ1v) is 4.39. The van der Waals surface area contributed by atoms with E-state index in [1.165, 1.54) is 7.11 Å². The maximum atomic E-state index is 11.1. The van der Waals surface area contributed by atoms with E-state index in [0.717, 1.165) is 0 Å². The van der Waals surface area contributed by atoms with Gasteiger partial charge in [0.25, 0.3) is 0 Å². The molecule has 7 nitrogen and oxygen atoms in total. The van der Waals surface area contributed by atoms with Gasteiger partial charge in [-0.3, -0.25) is 4.79 Å². The lowest BCUT2D eigenvalue weighted by Gasteiger charge is -2.38. The fourth-order valence-corrected chi connectivity index (χ4v) is 1.40. The lowest BCUT2D eigenvalue weighted by atomic mass is 9.96. The van der Waals surface area contributed by atoms with Crippen molar-refractivity contribution in [2.45, 2.75) is 30.7 Å². The van der Waals surface area contributed by atoms with Gasteiger partial charge in [-0.15, -0.1) is 0 Å². The second-order valence-corrected chi connectivity index (χ2v) is 3.26. The number of rotatable bonds is 3. The summed E-state index contributed by atoms with van der Waals surface area (Å²) in [5.74, 6) is -0.782. The summed E-state index contributed by atoms with van der Waals surface area (Å²) < 4.78 is 9.56. The van der Waals surface area contributed by atoms with Crippen LogP contribution in [-0.2, 0) is 14.3 Å². The Hall–Kier alpha value is -0.570. The molecule has 1 aliphatic rings. The van der Waals surface area contributed by atoms with Gasteiger partial charge in [0.1, 0.15) is 31.0 Å². The second-order valence-electron chi connectivity index (χ2n) is 3.26. The van der Waals surface area contributed by atoms with E-state index in [2.05, 4.69) is 4.74 Å². The zero-order valence-electron chi connectivity index (χ0n) is 8.11. The van der Waals surface area contributed by atoms with Crippen LogP contribution in [0.3, 0.4) is 0 Å². The predicted molar refractivity (Wildman–Crippen MR) is 45.8 cm³/mol. The summed E-state index contributed by atoms with van der Waals surface area (Å²) in [6, 6.07) is 0. The fourth-order valence-electron chi connectivity index (χ4n) is 1.40. The molecule has 7 heteroatoms. The van der Waals surface area contributed by atoms with Crippen LogP contribution in [0.5, 0.6) is 0 Å². The van der Waals surface area contributed by atoms with Gasteiger partial charge in [-0.05, 0) is 0 Å². The van der Waals surface area contributed by atoms with Gasteiger partial charge in [0.05, 0.1) is 0 Å². The number of hydrogen-bond acceptors (Lipinski definition) is 7. The Kier molecular flexibility index (Phi) is 4.14. The molecule has 4 N–H and O–H groups in total. The quantitative estimate of drug-likeness (QED) is 0.402. The SMILES string of the molecule is CO[C@H]1OC(C(=O)CO)[C@@H](O)C(O)C1O. The Bertz CT molecular complexity index is 229. The molecule has 1 rings (SSSR count). The first kappa shape index (κ1) is 12.5. The number of ketones is 1. The topological polar surface area (TPSA) is 116 Å². The van der Waals surface area contributed by atoms with Crippen LogP contribution >= 0.6 is 0 Å². The van der Waals surface area contributed by atoms with Crippen LogP contribution in [0.2, 0.25) is 0 Å². The number of carbonyl (C=O) groups is 1. The van der Waals surface area contributed by atoms with Gasteiger partial charge in [0.2, 0.25) is 0 Å². The van der Waals surface area contributed by atoms with Gasteiger partial charge in [-0.25, -0.2) is 0 Å². The molecule has 1 fully saturated rings. The Morgan fingerprint density at radius 3 is 2.33 bits per heavy atom. The van der Waals surface area contributed by atoms with Gasteiger partial charge in [-0.1, -0.05) is 0 Å². The summed E-state index contributed by atoms with van der Waals surface area (Å²) in [6.07, 6.45) is -7.16. The molecule has 15 heavy (non-hydrogen) atoms. The summed E-state index contributed by atoms with van der Waals surface area (Å²) in [5.41, 5.74) is 0. The Balaban J connectivity index is 2.78. The molecule has 0 bridgehead atoms. The number of hydrogen-bond donors (Lipinski definition) is 4. The molecule has 0 radical (unpaired) electrons. The number of methoxy groups -OCH3 is 1. The van der Waals surface area contributed by atoms with E-state index < -0.39 is 43.1 Å². The first-order valence-electron chi connectivity index (χ1n) is 4.39. The third-order valence-electron chi connectivity index (χ3n) is 2.28. The average Bonchev–Trinajstić information content (AvgIpc) is 2.25. The van der Waals surface area contributed by atoms with E-state index >= 15 is 0 Å². The second kappa shape index (κ2) is 4.97. The average molecular weight is 222 g/mol. The molecule has 0 aromatic heterocycles. The van der Waals surface area contributed by atoms with E-state index in [-0.39, 0.29) is 0 Å². The minimum absolute atomic E-state index is 0.782. The van der Waals surface area contributed by atoms with Crippen molar-refractivity contribution < 1.29 is 34.7 Å². The smallest absolute Gasteiger partial charge is 0.189 e.